The molecule has 3 rings (SSSR count). The minimum absolute atomic E-state index is 0.220. The van der Waals surface area contributed by atoms with Gasteiger partial charge < -0.3 is 0 Å². The summed E-state index contributed by atoms with van der Waals surface area (Å²) in [6.45, 7) is 8.55. The number of hydrogen-bond donors (Lipinski definition) is 0. The van der Waals surface area contributed by atoms with Crippen molar-refractivity contribution < 1.29 is 0 Å². The molecule has 3 aromatic heterocycles. The molecule has 3 aromatic rings. The van der Waals surface area contributed by atoms with Gasteiger partial charge in [0, 0.05) is 48.7 Å². The van der Waals surface area contributed by atoms with Gasteiger partial charge in [-0.05, 0) is 30.5 Å². The van der Waals surface area contributed by atoms with E-state index in [9.17, 15) is 0 Å². The Morgan fingerprint density at radius 1 is 0.815 bits per heavy atom. The molecular weight excluding hydrogens is 336 g/mol. The van der Waals surface area contributed by atoms with E-state index in [1.54, 1.807) is 6.20 Å². The van der Waals surface area contributed by atoms with Crippen molar-refractivity contribution in [2.75, 3.05) is 0 Å². The van der Waals surface area contributed by atoms with Crippen LogP contribution in [-0.4, -0.2) is 30.1 Å². The Balaban J connectivity index is 1.70. The number of aromatic nitrogens is 6. The van der Waals surface area contributed by atoms with Crippen LogP contribution in [0.2, 0.25) is 0 Å². The first kappa shape index (κ1) is 19.0. The molecule has 0 N–H and O–H groups in total. The van der Waals surface area contributed by atoms with Gasteiger partial charge in [-0.2, -0.15) is 10.2 Å². The summed E-state index contributed by atoms with van der Waals surface area (Å²) >= 11 is 0. The molecule has 0 radical (unpaired) electrons. The molecule has 0 aliphatic heterocycles. The first-order valence-electron chi connectivity index (χ1n) is 9.43. The fourth-order valence-corrected chi connectivity index (χ4v) is 2.96. The van der Waals surface area contributed by atoms with Crippen LogP contribution in [0.5, 0.6) is 0 Å². The van der Waals surface area contributed by atoms with Crippen molar-refractivity contribution in [1.82, 2.24) is 30.1 Å². The maximum atomic E-state index is 4.78. The predicted molar refractivity (Wildman–Crippen MR) is 104 cm³/mol. The highest BCUT2D eigenvalue weighted by Gasteiger charge is 2.14. The fraction of sp³-hybridized carbons (Fsp3) is 0.429. The van der Waals surface area contributed by atoms with Crippen molar-refractivity contribution in [2.45, 2.75) is 58.3 Å². The first-order chi connectivity index (χ1) is 13.0. The smallest absolute Gasteiger partial charge is 0.129 e. The van der Waals surface area contributed by atoms with Crippen LogP contribution in [0.3, 0.4) is 0 Å². The highest BCUT2D eigenvalue weighted by atomic mass is 15.1. The molecule has 3 heterocycles. The van der Waals surface area contributed by atoms with Crippen LogP contribution in [0.1, 0.15) is 74.0 Å². The van der Waals surface area contributed by atoms with Crippen LogP contribution in [0.4, 0.5) is 0 Å². The first-order valence-corrected chi connectivity index (χ1v) is 9.43. The quantitative estimate of drug-likeness (QED) is 0.635. The van der Waals surface area contributed by atoms with Crippen molar-refractivity contribution >= 4 is 0 Å². The molecule has 0 bridgehead atoms. The van der Waals surface area contributed by atoms with Crippen LogP contribution >= 0.6 is 0 Å². The van der Waals surface area contributed by atoms with Gasteiger partial charge in [0.25, 0.3) is 0 Å². The Morgan fingerprint density at radius 3 is 2.37 bits per heavy atom. The van der Waals surface area contributed by atoms with Gasteiger partial charge in [0.2, 0.25) is 0 Å². The van der Waals surface area contributed by atoms with E-state index < -0.39 is 0 Å². The van der Waals surface area contributed by atoms with E-state index in [1.807, 2.05) is 36.8 Å². The van der Waals surface area contributed by atoms with E-state index in [-0.39, 0.29) is 11.8 Å². The van der Waals surface area contributed by atoms with E-state index in [1.165, 1.54) is 0 Å². The fourth-order valence-electron chi connectivity index (χ4n) is 2.96. The topological polar surface area (TPSA) is 77.3 Å². The van der Waals surface area contributed by atoms with Gasteiger partial charge >= 0.3 is 0 Å². The normalized spacial score (nSPS) is 13.5. The molecule has 0 aromatic carbocycles. The summed E-state index contributed by atoms with van der Waals surface area (Å²) in [6.07, 6.45) is 8.77. The van der Waals surface area contributed by atoms with Crippen molar-refractivity contribution in [3.05, 3.63) is 71.6 Å². The Morgan fingerprint density at radius 2 is 1.63 bits per heavy atom. The monoisotopic (exact) mass is 362 g/mol. The summed E-state index contributed by atoms with van der Waals surface area (Å²) in [7, 11) is 0. The molecule has 0 amide bonds. The average molecular weight is 362 g/mol. The summed E-state index contributed by atoms with van der Waals surface area (Å²) in [5, 5.41) is 8.15. The summed E-state index contributed by atoms with van der Waals surface area (Å²) in [5.41, 5.74) is 4.02. The van der Waals surface area contributed by atoms with Crippen LogP contribution in [-0.2, 0) is 12.8 Å². The summed E-state index contributed by atoms with van der Waals surface area (Å²) in [4.78, 5) is 18.3. The van der Waals surface area contributed by atoms with Crippen LogP contribution in [0, 0.1) is 0 Å². The molecule has 0 aliphatic rings. The van der Waals surface area contributed by atoms with Gasteiger partial charge in [-0.25, -0.2) is 9.97 Å². The van der Waals surface area contributed by atoms with Crippen molar-refractivity contribution in [1.29, 1.82) is 0 Å². The highest BCUT2D eigenvalue weighted by Crippen LogP contribution is 2.20. The lowest BCUT2D eigenvalue weighted by molar-refractivity contribution is 0.653. The number of nitrogens with zero attached hydrogens (tertiary/aromatic N) is 6. The second-order valence-corrected chi connectivity index (χ2v) is 7.35. The lowest BCUT2D eigenvalue weighted by atomic mass is 10.00. The molecule has 0 saturated heterocycles. The van der Waals surface area contributed by atoms with Crippen molar-refractivity contribution in [3.63, 3.8) is 0 Å². The SMILES string of the molecule is CC(C)c1cncc(CC(C)c2ccnc(CC(C)c3cccnn3)n2)n1. The number of rotatable bonds is 7. The molecule has 6 heteroatoms. The molecule has 0 fully saturated rings. The standard InChI is InChI=1S/C21H26N6/c1-14(2)20-13-22-12-17(25-20)10-15(3)18-7-9-23-21(26-18)11-16(4)19-6-5-8-24-27-19/h5-9,12-16H,10-11H2,1-4H3. The van der Waals surface area contributed by atoms with Gasteiger partial charge in [-0.15, -0.1) is 0 Å². The number of hydrogen-bond acceptors (Lipinski definition) is 6. The van der Waals surface area contributed by atoms with Gasteiger partial charge in [-0.1, -0.05) is 27.7 Å². The zero-order valence-electron chi connectivity index (χ0n) is 16.4. The van der Waals surface area contributed by atoms with E-state index in [0.717, 1.165) is 41.4 Å². The van der Waals surface area contributed by atoms with Crippen LogP contribution in [0.25, 0.3) is 0 Å². The zero-order valence-corrected chi connectivity index (χ0v) is 16.4. The summed E-state index contributed by atoms with van der Waals surface area (Å²) in [5.74, 6) is 1.67. The zero-order chi connectivity index (χ0) is 19.2. The lowest BCUT2D eigenvalue weighted by Crippen LogP contribution is -2.09. The molecule has 6 nitrogen and oxygen atoms in total. The largest absolute Gasteiger partial charge is 0.261 e. The second kappa shape index (κ2) is 8.75. The third-order valence-corrected chi connectivity index (χ3v) is 4.63. The molecule has 0 saturated carbocycles. The molecule has 2 unspecified atom stereocenters. The maximum Gasteiger partial charge on any atom is 0.129 e. The Bertz CT molecular complexity index is 865. The van der Waals surface area contributed by atoms with Gasteiger partial charge in [0.05, 0.1) is 17.1 Å². The minimum Gasteiger partial charge on any atom is -0.261 e. The summed E-state index contributed by atoms with van der Waals surface area (Å²) in [6, 6.07) is 5.88. The molecular formula is C21H26N6. The van der Waals surface area contributed by atoms with Gasteiger partial charge in [0.1, 0.15) is 5.82 Å². The van der Waals surface area contributed by atoms with Crippen molar-refractivity contribution in [2.24, 2.45) is 0 Å². The maximum absolute atomic E-state index is 4.78. The molecule has 27 heavy (non-hydrogen) atoms. The third kappa shape index (κ3) is 5.12. The molecule has 2 atom stereocenters. The summed E-state index contributed by atoms with van der Waals surface area (Å²) < 4.78 is 0. The van der Waals surface area contributed by atoms with Crippen LogP contribution < -0.4 is 0 Å². The van der Waals surface area contributed by atoms with Gasteiger partial charge in [0.15, 0.2) is 0 Å². The van der Waals surface area contributed by atoms with E-state index in [0.29, 0.717) is 5.92 Å². The van der Waals surface area contributed by atoms with E-state index in [4.69, 9.17) is 9.97 Å². The average Bonchev–Trinajstić information content (AvgIpc) is 2.69. The van der Waals surface area contributed by atoms with E-state index in [2.05, 4.69) is 47.9 Å². The van der Waals surface area contributed by atoms with Crippen molar-refractivity contribution in [3.8, 4) is 0 Å². The lowest BCUT2D eigenvalue weighted by Gasteiger charge is -2.14. The minimum atomic E-state index is 0.220. The molecule has 140 valence electrons. The molecule has 0 aliphatic carbocycles. The van der Waals surface area contributed by atoms with Gasteiger partial charge in [-0.3, -0.25) is 9.97 Å². The van der Waals surface area contributed by atoms with Crippen LogP contribution in [0.15, 0.2) is 43.0 Å². The molecule has 0 spiro atoms. The Hall–Kier alpha value is -2.76. The Kier molecular flexibility index (Phi) is 6.16. The van der Waals surface area contributed by atoms with E-state index >= 15 is 0 Å². The predicted octanol–water partition coefficient (Wildman–Crippen LogP) is 3.87. The Labute approximate surface area is 160 Å². The second-order valence-electron chi connectivity index (χ2n) is 7.35. The third-order valence-electron chi connectivity index (χ3n) is 4.63. The highest BCUT2D eigenvalue weighted by molar-refractivity contribution is 5.15.